The number of anilines is 1. The first-order chi connectivity index (χ1) is 7.00. The summed E-state index contributed by atoms with van der Waals surface area (Å²) >= 11 is 3.03. The van der Waals surface area contributed by atoms with Crippen LogP contribution >= 0.6 is 15.9 Å². The van der Waals surface area contributed by atoms with Gasteiger partial charge in [0.05, 0.1) is 15.9 Å². The highest BCUT2D eigenvalue weighted by Crippen LogP contribution is 2.27. The molecule has 1 aliphatic heterocycles. The van der Waals surface area contributed by atoms with Gasteiger partial charge in [-0.05, 0) is 40.5 Å². The van der Waals surface area contributed by atoms with E-state index in [2.05, 4.69) is 15.9 Å². The van der Waals surface area contributed by atoms with E-state index in [1.54, 1.807) is 0 Å². The standard InChI is InChI=1S/C9H9BrFNO2S/c10-8-6-7(2-3-9(8)11)12-4-1-5-15(12,13)14/h2-3,6H,1,4-5H2. The fourth-order valence-corrected chi connectivity index (χ4v) is 3.49. The van der Waals surface area contributed by atoms with Gasteiger partial charge in [0.25, 0.3) is 0 Å². The lowest BCUT2D eigenvalue weighted by Gasteiger charge is -2.16. The average Bonchev–Trinajstić information content (AvgIpc) is 2.50. The number of nitrogens with zero attached hydrogens (tertiary/aromatic N) is 1. The normalized spacial score (nSPS) is 19.5. The van der Waals surface area contributed by atoms with Crippen molar-refractivity contribution >= 4 is 31.6 Å². The number of sulfonamides is 1. The van der Waals surface area contributed by atoms with E-state index in [1.165, 1.54) is 22.5 Å². The van der Waals surface area contributed by atoms with Crippen molar-refractivity contribution in [1.29, 1.82) is 0 Å². The monoisotopic (exact) mass is 293 g/mol. The molecule has 0 bridgehead atoms. The molecule has 0 amide bonds. The van der Waals surface area contributed by atoms with E-state index in [9.17, 15) is 12.8 Å². The summed E-state index contributed by atoms with van der Waals surface area (Å²) in [4.78, 5) is 0. The predicted molar refractivity (Wildman–Crippen MR) is 59.8 cm³/mol. The Kier molecular flexibility index (Phi) is 2.72. The molecule has 0 atom stereocenters. The molecule has 0 aromatic heterocycles. The number of hydrogen-bond donors (Lipinski definition) is 0. The molecule has 1 saturated heterocycles. The molecule has 1 heterocycles. The summed E-state index contributed by atoms with van der Waals surface area (Å²) < 4.78 is 37.7. The van der Waals surface area contributed by atoms with Crippen LogP contribution in [0.1, 0.15) is 6.42 Å². The molecular weight excluding hydrogens is 285 g/mol. The van der Waals surface area contributed by atoms with Gasteiger partial charge < -0.3 is 0 Å². The molecule has 1 aromatic rings. The second kappa shape index (κ2) is 3.75. The van der Waals surface area contributed by atoms with E-state index >= 15 is 0 Å². The number of benzene rings is 1. The number of halogens is 2. The maximum atomic E-state index is 13.0. The zero-order valence-electron chi connectivity index (χ0n) is 7.78. The molecule has 1 fully saturated rings. The van der Waals surface area contributed by atoms with Crippen molar-refractivity contribution in [1.82, 2.24) is 0 Å². The molecule has 0 saturated carbocycles. The predicted octanol–water partition coefficient (Wildman–Crippen LogP) is 2.13. The van der Waals surface area contributed by atoms with Crippen molar-refractivity contribution < 1.29 is 12.8 Å². The third kappa shape index (κ3) is 2.01. The molecule has 0 aliphatic carbocycles. The van der Waals surface area contributed by atoms with Gasteiger partial charge in [-0.1, -0.05) is 0 Å². The molecule has 0 radical (unpaired) electrons. The molecule has 82 valence electrons. The molecular formula is C9H9BrFNO2S. The van der Waals surface area contributed by atoms with Crippen LogP contribution in [0.25, 0.3) is 0 Å². The topological polar surface area (TPSA) is 37.4 Å². The van der Waals surface area contributed by atoms with Crippen molar-refractivity contribution in [2.45, 2.75) is 6.42 Å². The Morgan fingerprint density at radius 2 is 2.13 bits per heavy atom. The second-order valence-electron chi connectivity index (χ2n) is 3.34. The first-order valence-corrected chi connectivity index (χ1v) is 6.86. The summed E-state index contributed by atoms with van der Waals surface area (Å²) in [6.45, 7) is 0.473. The molecule has 3 nitrogen and oxygen atoms in total. The minimum absolute atomic E-state index is 0.169. The van der Waals surface area contributed by atoms with Crippen molar-refractivity contribution in [2.24, 2.45) is 0 Å². The summed E-state index contributed by atoms with van der Waals surface area (Å²) in [5.41, 5.74) is 0.515. The largest absolute Gasteiger partial charge is 0.270 e. The first-order valence-electron chi connectivity index (χ1n) is 4.46. The highest BCUT2D eigenvalue weighted by atomic mass is 79.9. The molecule has 1 aromatic carbocycles. The second-order valence-corrected chi connectivity index (χ2v) is 6.21. The van der Waals surface area contributed by atoms with Crippen LogP contribution in [-0.2, 0) is 10.0 Å². The summed E-state index contributed by atoms with van der Waals surface area (Å²) in [5.74, 6) is -0.225. The number of rotatable bonds is 1. The van der Waals surface area contributed by atoms with Gasteiger partial charge >= 0.3 is 0 Å². The van der Waals surface area contributed by atoms with Crippen LogP contribution in [0.2, 0.25) is 0 Å². The van der Waals surface area contributed by atoms with E-state index in [0.29, 0.717) is 18.7 Å². The fourth-order valence-electron chi connectivity index (χ4n) is 1.57. The lowest BCUT2D eigenvalue weighted by Crippen LogP contribution is -2.25. The van der Waals surface area contributed by atoms with Crippen LogP contribution in [0, 0.1) is 5.82 Å². The molecule has 1 aliphatic rings. The first kappa shape index (κ1) is 10.9. The van der Waals surface area contributed by atoms with E-state index in [-0.39, 0.29) is 10.2 Å². The van der Waals surface area contributed by atoms with Crippen LogP contribution in [0.5, 0.6) is 0 Å². The van der Waals surface area contributed by atoms with Crippen LogP contribution in [0.4, 0.5) is 10.1 Å². The summed E-state index contributed by atoms with van der Waals surface area (Å²) in [6, 6.07) is 4.22. The lowest BCUT2D eigenvalue weighted by atomic mass is 10.3. The van der Waals surface area contributed by atoms with Gasteiger partial charge in [-0.3, -0.25) is 4.31 Å². The average molecular weight is 294 g/mol. The van der Waals surface area contributed by atoms with Crippen molar-refractivity contribution in [2.75, 3.05) is 16.6 Å². The highest BCUT2D eigenvalue weighted by Gasteiger charge is 2.28. The zero-order chi connectivity index (χ0) is 11.1. The van der Waals surface area contributed by atoms with Crippen molar-refractivity contribution in [3.63, 3.8) is 0 Å². The van der Waals surface area contributed by atoms with Gasteiger partial charge in [0.2, 0.25) is 10.0 Å². The maximum absolute atomic E-state index is 13.0. The Bertz CT molecular complexity index is 489. The summed E-state index contributed by atoms with van der Waals surface area (Å²) in [7, 11) is -3.18. The van der Waals surface area contributed by atoms with Gasteiger partial charge in [-0.25, -0.2) is 12.8 Å². The Morgan fingerprint density at radius 3 is 2.67 bits per heavy atom. The SMILES string of the molecule is O=S1(=O)CCCN1c1ccc(F)c(Br)c1. The van der Waals surface area contributed by atoms with Gasteiger partial charge in [0, 0.05) is 6.54 Å². The molecule has 15 heavy (non-hydrogen) atoms. The van der Waals surface area contributed by atoms with Crippen molar-refractivity contribution in [3.8, 4) is 0 Å². The smallest absolute Gasteiger partial charge is 0.235 e. The third-order valence-electron chi connectivity index (χ3n) is 2.29. The maximum Gasteiger partial charge on any atom is 0.235 e. The van der Waals surface area contributed by atoms with Crippen LogP contribution in [-0.4, -0.2) is 20.7 Å². The van der Waals surface area contributed by atoms with Crippen LogP contribution < -0.4 is 4.31 Å². The van der Waals surface area contributed by atoms with Gasteiger partial charge in [-0.15, -0.1) is 0 Å². The van der Waals surface area contributed by atoms with Gasteiger partial charge in [0.1, 0.15) is 5.82 Å². The highest BCUT2D eigenvalue weighted by molar-refractivity contribution is 9.10. The van der Waals surface area contributed by atoms with Crippen LogP contribution in [0.15, 0.2) is 22.7 Å². The van der Waals surface area contributed by atoms with Gasteiger partial charge in [0.15, 0.2) is 0 Å². The molecule has 0 spiro atoms. The Labute approximate surface area is 96.1 Å². The summed E-state index contributed by atoms with van der Waals surface area (Å²) in [5, 5.41) is 0. The van der Waals surface area contributed by atoms with E-state index in [1.807, 2.05) is 0 Å². The molecule has 0 unspecified atom stereocenters. The van der Waals surface area contributed by atoms with E-state index in [0.717, 1.165) is 0 Å². The minimum atomic E-state index is -3.18. The lowest BCUT2D eigenvalue weighted by molar-refractivity contribution is 0.599. The minimum Gasteiger partial charge on any atom is -0.270 e. The quantitative estimate of drug-likeness (QED) is 0.795. The number of hydrogen-bond acceptors (Lipinski definition) is 2. The van der Waals surface area contributed by atoms with Gasteiger partial charge in [-0.2, -0.15) is 0 Å². The van der Waals surface area contributed by atoms with E-state index in [4.69, 9.17) is 0 Å². The zero-order valence-corrected chi connectivity index (χ0v) is 10.2. The van der Waals surface area contributed by atoms with Crippen LogP contribution in [0.3, 0.4) is 0 Å². The molecule has 6 heteroatoms. The fraction of sp³-hybridized carbons (Fsp3) is 0.333. The third-order valence-corrected chi connectivity index (χ3v) is 4.77. The molecule has 2 rings (SSSR count). The Hall–Kier alpha value is -0.620. The van der Waals surface area contributed by atoms with Crippen molar-refractivity contribution in [3.05, 3.63) is 28.5 Å². The summed E-state index contributed by atoms with van der Waals surface area (Å²) in [6.07, 6.45) is 0.622. The molecule has 0 N–H and O–H groups in total. The van der Waals surface area contributed by atoms with E-state index < -0.39 is 15.8 Å². The Morgan fingerprint density at radius 1 is 1.40 bits per heavy atom. The Balaban J connectivity index is 2.42.